The van der Waals surface area contributed by atoms with Crippen LogP contribution in [-0.4, -0.2) is 30.6 Å². The molecule has 2 atom stereocenters. The molecule has 1 unspecified atom stereocenters. The van der Waals surface area contributed by atoms with E-state index < -0.39 is 0 Å². The predicted octanol–water partition coefficient (Wildman–Crippen LogP) is 4.36. The van der Waals surface area contributed by atoms with Crippen LogP contribution >= 0.6 is 15.9 Å². The van der Waals surface area contributed by atoms with Crippen LogP contribution in [0, 0.1) is 0 Å². The number of halogens is 1. The molecule has 1 fully saturated rings. The number of likely N-dealkylation sites (tertiary alicyclic amines) is 1. The van der Waals surface area contributed by atoms with Gasteiger partial charge in [0.2, 0.25) is 0 Å². The summed E-state index contributed by atoms with van der Waals surface area (Å²) in [5.74, 6) is 0. The maximum atomic E-state index is 3.82. The minimum absolute atomic E-state index is 0.426. The maximum Gasteiger partial charge on any atom is 0.0294 e. The highest BCUT2D eigenvalue weighted by Crippen LogP contribution is 2.20. The van der Waals surface area contributed by atoms with E-state index in [0.717, 1.165) is 0 Å². The molecule has 1 N–H and O–H groups in total. The number of nitrogens with one attached hydrogen (secondary N) is 1. The number of hydrogen-bond donors (Lipinski definition) is 1. The molecule has 112 valence electrons. The second kappa shape index (κ2) is 8.16. The fourth-order valence-electron chi connectivity index (χ4n) is 3.09. The summed E-state index contributed by atoms with van der Waals surface area (Å²) in [5.41, 5.74) is 1.37. The molecule has 0 radical (unpaired) electrons. The van der Waals surface area contributed by atoms with Crippen molar-refractivity contribution in [3.8, 4) is 0 Å². The molecule has 1 aromatic carbocycles. The van der Waals surface area contributed by atoms with Gasteiger partial charge in [-0.15, -0.1) is 0 Å². The van der Waals surface area contributed by atoms with Crippen molar-refractivity contribution < 1.29 is 0 Å². The van der Waals surface area contributed by atoms with Gasteiger partial charge in [-0.3, -0.25) is 0 Å². The molecule has 1 aliphatic heterocycles. The number of rotatable bonds is 5. The lowest BCUT2D eigenvalue weighted by atomic mass is 10.0. The van der Waals surface area contributed by atoms with Crippen molar-refractivity contribution in [2.45, 2.75) is 51.6 Å². The molecule has 0 bridgehead atoms. The van der Waals surface area contributed by atoms with E-state index >= 15 is 0 Å². The minimum atomic E-state index is 0.426. The third-order valence-corrected chi connectivity index (χ3v) is 4.69. The first-order chi connectivity index (χ1) is 9.69. The van der Waals surface area contributed by atoms with Crippen LogP contribution in [0.1, 0.15) is 51.1 Å². The highest BCUT2D eigenvalue weighted by molar-refractivity contribution is 9.10. The van der Waals surface area contributed by atoms with E-state index in [4.69, 9.17) is 0 Å². The van der Waals surface area contributed by atoms with Crippen molar-refractivity contribution in [3.63, 3.8) is 0 Å². The Hall–Kier alpha value is -0.380. The van der Waals surface area contributed by atoms with E-state index in [0.29, 0.717) is 12.1 Å². The predicted molar refractivity (Wildman–Crippen MR) is 90.1 cm³/mol. The lowest BCUT2D eigenvalue weighted by Crippen LogP contribution is -2.33. The zero-order chi connectivity index (χ0) is 14.4. The molecule has 0 aliphatic carbocycles. The Morgan fingerprint density at radius 1 is 1.35 bits per heavy atom. The standard InChI is InChI=1S/C17H27BrN2/c1-3-10-20-11-5-8-17(9-12-20)19-14(2)15-6-4-7-16(18)13-15/h4,6-7,13-14,17,19H,3,5,8-12H2,1-2H3/t14-,17?/m0/s1. The molecule has 3 heteroatoms. The first-order valence-corrected chi connectivity index (χ1v) is 8.72. The first-order valence-electron chi connectivity index (χ1n) is 7.93. The Balaban J connectivity index is 1.86. The Morgan fingerprint density at radius 3 is 2.95 bits per heavy atom. The quantitative estimate of drug-likeness (QED) is 0.857. The van der Waals surface area contributed by atoms with E-state index in [1.807, 2.05) is 0 Å². The van der Waals surface area contributed by atoms with Crippen molar-refractivity contribution in [1.29, 1.82) is 0 Å². The molecule has 0 aromatic heterocycles. The Morgan fingerprint density at radius 2 is 2.20 bits per heavy atom. The van der Waals surface area contributed by atoms with Gasteiger partial charge in [0, 0.05) is 16.6 Å². The highest BCUT2D eigenvalue weighted by atomic mass is 79.9. The average Bonchev–Trinajstić information content (AvgIpc) is 2.65. The van der Waals surface area contributed by atoms with Gasteiger partial charge in [0.05, 0.1) is 0 Å². The molecular formula is C17H27BrN2. The van der Waals surface area contributed by atoms with Crippen LogP contribution in [0.25, 0.3) is 0 Å². The normalized spacial score (nSPS) is 22.4. The van der Waals surface area contributed by atoms with Crippen LogP contribution in [0.2, 0.25) is 0 Å². The molecular weight excluding hydrogens is 312 g/mol. The van der Waals surface area contributed by atoms with Crippen LogP contribution in [0.15, 0.2) is 28.7 Å². The average molecular weight is 339 g/mol. The van der Waals surface area contributed by atoms with Crippen molar-refractivity contribution in [2.24, 2.45) is 0 Å². The molecule has 1 aliphatic rings. The van der Waals surface area contributed by atoms with E-state index in [9.17, 15) is 0 Å². The van der Waals surface area contributed by atoms with E-state index in [1.165, 1.54) is 55.4 Å². The molecule has 2 rings (SSSR count). The first kappa shape index (κ1) is 16.0. The van der Waals surface area contributed by atoms with Gasteiger partial charge in [0.1, 0.15) is 0 Å². The third kappa shape index (κ3) is 4.87. The second-order valence-corrected chi connectivity index (χ2v) is 6.83. The van der Waals surface area contributed by atoms with Crippen LogP contribution in [0.3, 0.4) is 0 Å². The topological polar surface area (TPSA) is 15.3 Å². The fraction of sp³-hybridized carbons (Fsp3) is 0.647. The number of benzene rings is 1. The fourth-order valence-corrected chi connectivity index (χ4v) is 3.51. The van der Waals surface area contributed by atoms with Crippen molar-refractivity contribution in [3.05, 3.63) is 34.3 Å². The van der Waals surface area contributed by atoms with Crippen molar-refractivity contribution in [1.82, 2.24) is 10.2 Å². The van der Waals surface area contributed by atoms with E-state index in [-0.39, 0.29) is 0 Å². The van der Waals surface area contributed by atoms with Crippen LogP contribution in [0.5, 0.6) is 0 Å². The van der Waals surface area contributed by atoms with Crippen LogP contribution in [-0.2, 0) is 0 Å². The van der Waals surface area contributed by atoms with E-state index in [2.05, 4.69) is 64.3 Å². The largest absolute Gasteiger partial charge is 0.307 e. The molecule has 0 amide bonds. The van der Waals surface area contributed by atoms with Gasteiger partial charge < -0.3 is 10.2 Å². The Labute approximate surface area is 132 Å². The summed E-state index contributed by atoms with van der Waals surface area (Å²) < 4.78 is 1.17. The number of nitrogens with zero attached hydrogens (tertiary/aromatic N) is 1. The summed E-state index contributed by atoms with van der Waals surface area (Å²) in [7, 11) is 0. The molecule has 0 spiro atoms. The van der Waals surface area contributed by atoms with Crippen LogP contribution < -0.4 is 5.32 Å². The molecule has 1 heterocycles. The molecule has 0 saturated carbocycles. The molecule has 20 heavy (non-hydrogen) atoms. The zero-order valence-electron chi connectivity index (χ0n) is 12.7. The summed E-state index contributed by atoms with van der Waals surface area (Å²) >= 11 is 3.56. The van der Waals surface area contributed by atoms with Crippen molar-refractivity contribution in [2.75, 3.05) is 19.6 Å². The van der Waals surface area contributed by atoms with Gasteiger partial charge in [-0.25, -0.2) is 0 Å². The zero-order valence-corrected chi connectivity index (χ0v) is 14.3. The smallest absolute Gasteiger partial charge is 0.0294 e. The lowest BCUT2D eigenvalue weighted by molar-refractivity contribution is 0.281. The summed E-state index contributed by atoms with van der Waals surface area (Å²) in [5, 5.41) is 3.82. The maximum absolute atomic E-state index is 3.82. The van der Waals surface area contributed by atoms with Gasteiger partial charge in [-0.2, -0.15) is 0 Å². The highest BCUT2D eigenvalue weighted by Gasteiger charge is 2.18. The van der Waals surface area contributed by atoms with Crippen LogP contribution in [0.4, 0.5) is 0 Å². The molecule has 1 aromatic rings. The van der Waals surface area contributed by atoms with E-state index in [1.54, 1.807) is 0 Å². The summed E-state index contributed by atoms with van der Waals surface area (Å²) in [6.07, 6.45) is 5.17. The molecule has 1 saturated heterocycles. The second-order valence-electron chi connectivity index (χ2n) is 5.91. The summed E-state index contributed by atoms with van der Waals surface area (Å²) in [6.45, 7) is 8.33. The minimum Gasteiger partial charge on any atom is -0.307 e. The van der Waals surface area contributed by atoms with Gasteiger partial charge in [0.15, 0.2) is 0 Å². The van der Waals surface area contributed by atoms with Gasteiger partial charge >= 0.3 is 0 Å². The van der Waals surface area contributed by atoms with Gasteiger partial charge in [0.25, 0.3) is 0 Å². The van der Waals surface area contributed by atoms with Crippen molar-refractivity contribution >= 4 is 15.9 Å². The summed E-state index contributed by atoms with van der Waals surface area (Å²) in [6, 6.07) is 9.72. The van der Waals surface area contributed by atoms with Gasteiger partial charge in [-0.05, 0) is 69.9 Å². The Bertz CT molecular complexity index is 408. The SMILES string of the molecule is CCCN1CCCC(N[C@@H](C)c2cccc(Br)c2)CC1. The Kier molecular flexibility index (Phi) is 6.53. The molecule has 2 nitrogen and oxygen atoms in total. The van der Waals surface area contributed by atoms with Gasteiger partial charge in [-0.1, -0.05) is 35.0 Å². The monoisotopic (exact) mass is 338 g/mol. The lowest BCUT2D eigenvalue weighted by Gasteiger charge is -2.23. The number of hydrogen-bond acceptors (Lipinski definition) is 2. The third-order valence-electron chi connectivity index (χ3n) is 4.19. The summed E-state index contributed by atoms with van der Waals surface area (Å²) in [4.78, 5) is 2.62.